The average molecular weight is 532 g/mol. The summed E-state index contributed by atoms with van der Waals surface area (Å²) in [5.41, 5.74) is -5.07. The van der Waals surface area contributed by atoms with Crippen LogP contribution in [-0.4, -0.2) is 39.7 Å². The van der Waals surface area contributed by atoms with Crippen molar-refractivity contribution in [1.29, 1.82) is 0 Å². The molecule has 0 unspecified atom stereocenters. The van der Waals surface area contributed by atoms with Gasteiger partial charge in [0.25, 0.3) is 11.4 Å². The number of ether oxygens (including phenoxy) is 3. The van der Waals surface area contributed by atoms with Gasteiger partial charge < -0.3 is 14.2 Å². The van der Waals surface area contributed by atoms with Crippen LogP contribution in [0.2, 0.25) is 5.02 Å². The smallest absolute Gasteiger partial charge is 0.431 e. The summed E-state index contributed by atoms with van der Waals surface area (Å²) in [4.78, 5) is 40.7. The average Bonchev–Trinajstić information content (AvgIpc) is 2.81. The van der Waals surface area contributed by atoms with Gasteiger partial charge in [0, 0.05) is 32.0 Å². The topological polar surface area (TPSA) is 102 Å². The minimum atomic E-state index is -4.99. The Balaban J connectivity index is 2.00. The molecule has 14 heteroatoms. The number of alkyl halides is 3. The molecule has 0 radical (unpaired) electrons. The number of carbonyl (C=O) groups excluding carboxylic acids is 1. The highest BCUT2D eigenvalue weighted by molar-refractivity contribution is 6.32. The Bertz CT molecular complexity index is 1400. The van der Waals surface area contributed by atoms with Crippen LogP contribution in [0.15, 0.2) is 46.1 Å². The number of ketones is 1. The summed E-state index contributed by atoms with van der Waals surface area (Å²) in [6.45, 7) is 1.48. The molecule has 0 saturated carbocycles. The third kappa shape index (κ3) is 5.91. The van der Waals surface area contributed by atoms with Gasteiger partial charge in [-0.25, -0.2) is 18.7 Å². The number of benzene rings is 1. The van der Waals surface area contributed by atoms with Gasteiger partial charge in [-0.3, -0.25) is 14.2 Å². The number of Topliss-reactive ketones (excluding diaryl/α,β-unsaturated/α-hetero) is 1. The SMILES string of the molecule is CCOCC(=O)COc1ncccc1Oc1cc(-n2c(=O)cc(C(F)(F)F)n(C)c2=O)c(F)cc1Cl. The lowest BCUT2D eigenvalue weighted by Gasteiger charge is -2.16. The molecule has 0 fully saturated rings. The van der Waals surface area contributed by atoms with E-state index >= 15 is 0 Å². The number of aromatic nitrogens is 3. The van der Waals surface area contributed by atoms with Crippen molar-refractivity contribution in [2.24, 2.45) is 7.05 Å². The maximum atomic E-state index is 14.7. The van der Waals surface area contributed by atoms with Crippen LogP contribution in [0.1, 0.15) is 12.6 Å². The second kappa shape index (κ2) is 10.9. The number of carbonyl (C=O) groups is 1. The molecule has 2 aromatic heterocycles. The number of nitrogens with zero attached hydrogens (tertiary/aromatic N) is 3. The highest BCUT2D eigenvalue weighted by Crippen LogP contribution is 2.36. The first-order chi connectivity index (χ1) is 16.9. The van der Waals surface area contributed by atoms with Gasteiger partial charge in [0.05, 0.1) is 10.7 Å². The van der Waals surface area contributed by atoms with Gasteiger partial charge in [-0.15, -0.1) is 0 Å². The van der Waals surface area contributed by atoms with Crippen LogP contribution in [0.5, 0.6) is 17.4 Å². The van der Waals surface area contributed by atoms with Crippen molar-refractivity contribution in [2.75, 3.05) is 19.8 Å². The summed E-state index contributed by atoms with van der Waals surface area (Å²) in [6, 6.07) is 4.60. The van der Waals surface area contributed by atoms with Crippen molar-refractivity contribution in [3.8, 4) is 23.1 Å². The Hall–Kier alpha value is -3.71. The van der Waals surface area contributed by atoms with Gasteiger partial charge in [0.15, 0.2) is 18.1 Å². The Morgan fingerprint density at radius 3 is 2.53 bits per heavy atom. The van der Waals surface area contributed by atoms with E-state index in [0.717, 1.165) is 19.2 Å². The zero-order valence-electron chi connectivity index (χ0n) is 18.8. The minimum absolute atomic E-state index is 0.0613. The van der Waals surface area contributed by atoms with Crippen LogP contribution in [0.25, 0.3) is 5.69 Å². The molecular weight excluding hydrogens is 514 g/mol. The summed E-state index contributed by atoms with van der Waals surface area (Å²) < 4.78 is 70.4. The van der Waals surface area contributed by atoms with E-state index in [1.54, 1.807) is 6.92 Å². The summed E-state index contributed by atoms with van der Waals surface area (Å²) in [5, 5.41) is -0.296. The predicted molar refractivity (Wildman–Crippen MR) is 119 cm³/mol. The molecule has 192 valence electrons. The van der Waals surface area contributed by atoms with E-state index < -0.39 is 41.2 Å². The van der Waals surface area contributed by atoms with Crippen LogP contribution in [0.3, 0.4) is 0 Å². The summed E-state index contributed by atoms with van der Waals surface area (Å²) in [5.74, 6) is -2.02. The normalized spacial score (nSPS) is 11.4. The van der Waals surface area contributed by atoms with Crippen LogP contribution in [0, 0.1) is 5.82 Å². The zero-order chi connectivity index (χ0) is 26.6. The Morgan fingerprint density at radius 2 is 1.86 bits per heavy atom. The molecule has 0 aliphatic rings. The molecule has 3 rings (SSSR count). The molecule has 9 nitrogen and oxygen atoms in total. The number of hydrogen-bond acceptors (Lipinski definition) is 7. The number of halogens is 5. The van der Waals surface area contributed by atoms with Crippen molar-refractivity contribution >= 4 is 17.4 Å². The summed E-state index contributed by atoms with van der Waals surface area (Å²) in [6.07, 6.45) is -3.64. The Morgan fingerprint density at radius 1 is 1.14 bits per heavy atom. The first kappa shape index (κ1) is 26.9. The highest BCUT2D eigenvalue weighted by atomic mass is 35.5. The largest absolute Gasteiger partial charge is 0.467 e. The first-order valence-electron chi connectivity index (χ1n) is 10.2. The van der Waals surface area contributed by atoms with E-state index in [2.05, 4.69) is 4.98 Å². The van der Waals surface area contributed by atoms with Gasteiger partial charge >= 0.3 is 11.9 Å². The monoisotopic (exact) mass is 531 g/mol. The first-order valence-corrected chi connectivity index (χ1v) is 10.6. The van der Waals surface area contributed by atoms with Crippen molar-refractivity contribution in [3.05, 3.63) is 73.9 Å². The van der Waals surface area contributed by atoms with E-state index in [9.17, 15) is 31.9 Å². The van der Waals surface area contributed by atoms with Gasteiger partial charge in [-0.05, 0) is 25.1 Å². The molecule has 36 heavy (non-hydrogen) atoms. The number of hydrogen-bond donors (Lipinski definition) is 0. The molecule has 0 N–H and O–H groups in total. The molecule has 3 aromatic rings. The van der Waals surface area contributed by atoms with Gasteiger partial charge in [0.2, 0.25) is 0 Å². The van der Waals surface area contributed by atoms with Crippen LogP contribution in [0.4, 0.5) is 17.6 Å². The van der Waals surface area contributed by atoms with Gasteiger partial charge in [-0.2, -0.15) is 13.2 Å². The molecule has 0 aliphatic heterocycles. The lowest BCUT2D eigenvalue weighted by molar-refractivity contribution is -0.144. The molecule has 1 aromatic carbocycles. The Labute approximate surface area is 205 Å². The van der Waals surface area contributed by atoms with E-state index in [4.69, 9.17) is 25.8 Å². The van der Waals surface area contributed by atoms with E-state index in [-0.39, 0.29) is 50.0 Å². The summed E-state index contributed by atoms with van der Waals surface area (Å²) in [7, 11) is 0.790. The van der Waals surface area contributed by atoms with Gasteiger partial charge in [-0.1, -0.05) is 11.6 Å². The second-order valence-corrected chi connectivity index (χ2v) is 7.56. The van der Waals surface area contributed by atoms with Crippen molar-refractivity contribution in [2.45, 2.75) is 13.1 Å². The quantitative estimate of drug-likeness (QED) is 0.389. The predicted octanol–water partition coefficient (Wildman–Crippen LogP) is 3.52. The number of pyridine rings is 1. The molecule has 0 spiro atoms. The Kier molecular flexibility index (Phi) is 8.15. The van der Waals surface area contributed by atoms with Crippen LogP contribution < -0.4 is 20.7 Å². The van der Waals surface area contributed by atoms with Crippen molar-refractivity contribution in [1.82, 2.24) is 14.1 Å². The molecule has 0 saturated heterocycles. The fourth-order valence-electron chi connectivity index (χ4n) is 2.97. The van der Waals surface area contributed by atoms with E-state index in [1.165, 1.54) is 18.3 Å². The summed E-state index contributed by atoms with van der Waals surface area (Å²) >= 11 is 6.06. The van der Waals surface area contributed by atoms with Crippen LogP contribution in [-0.2, 0) is 22.8 Å². The van der Waals surface area contributed by atoms with Crippen LogP contribution >= 0.6 is 11.6 Å². The maximum Gasteiger partial charge on any atom is 0.431 e. The lowest BCUT2D eigenvalue weighted by atomic mass is 10.2. The van der Waals surface area contributed by atoms with Crippen molar-refractivity contribution < 1.29 is 36.6 Å². The van der Waals surface area contributed by atoms with Gasteiger partial charge in [0.1, 0.15) is 23.9 Å². The minimum Gasteiger partial charge on any atom is -0.467 e. The molecular formula is C22H18ClF4N3O6. The fourth-order valence-corrected chi connectivity index (χ4v) is 3.16. The fraction of sp³-hybridized carbons (Fsp3) is 0.273. The number of rotatable bonds is 9. The third-order valence-corrected chi connectivity index (χ3v) is 4.94. The molecule has 0 amide bonds. The van der Waals surface area contributed by atoms with E-state index in [0.29, 0.717) is 6.61 Å². The maximum absolute atomic E-state index is 14.7. The highest BCUT2D eigenvalue weighted by Gasteiger charge is 2.35. The molecule has 0 bridgehead atoms. The zero-order valence-corrected chi connectivity index (χ0v) is 19.5. The second-order valence-electron chi connectivity index (χ2n) is 7.15. The molecule has 0 aliphatic carbocycles. The molecule has 0 atom stereocenters. The van der Waals surface area contributed by atoms with Crippen molar-refractivity contribution in [3.63, 3.8) is 0 Å². The lowest BCUT2D eigenvalue weighted by Crippen LogP contribution is -2.41. The molecule has 2 heterocycles. The third-order valence-electron chi connectivity index (χ3n) is 4.65. The standard InChI is InChI=1S/C22H18ClF4N3O6/c1-3-34-10-12(31)11-35-20-16(5-4-6-28-20)36-17-8-15(14(24)7-13(17)23)30-19(32)9-18(22(25,26)27)29(2)21(30)33/h4-9H,3,10-11H2,1-2H3. The van der Waals surface area contributed by atoms with E-state index in [1.807, 2.05) is 0 Å².